The zero-order valence-corrected chi connectivity index (χ0v) is 11.7. The van der Waals surface area contributed by atoms with Gasteiger partial charge in [0.1, 0.15) is 0 Å². The van der Waals surface area contributed by atoms with Crippen LogP contribution in [0.4, 0.5) is 8.78 Å². The summed E-state index contributed by atoms with van der Waals surface area (Å²) in [5, 5.41) is 14.8. The Morgan fingerprint density at radius 2 is 1.72 bits per heavy atom. The molecule has 0 spiro atoms. The highest BCUT2D eigenvalue weighted by molar-refractivity contribution is 9.08. The summed E-state index contributed by atoms with van der Waals surface area (Å²) < 4.78 is 28.3. The summed E-state index contributed by atoms with van der Waals surface area (Å²) in [6, 6.07) is 6.65. The van der Waals surface area contributed by atoms with Crippen LogP contribution in [-0.4, -0.2) is 18.2 Å². The summed E-state index contributed by atoms with van der Waals surface area (Å²) in [5.41, 5.74) is 1.36. The molecular weight excluding hydrogens is 306 g/mol. The normalized spacial score (nSPS) is 9.44. The van der Waals surface area contributed by atoms with E-state index >= 15 is 0 Å². The SMILES string of the molecule is CC.N=C(OC(=N)C(F)F)c1ccc(CBr)cc1. The van der Waals surface area contributed by atoms with Crippen LogP contribution in [0, 0.1) is 10.8 Å². The molecule has 2 N–H and O–H groups in total. The summed E-state index contributed by atoms with van der Waals surface area (Å²) in [6.45, 7) is 4.00. The number of hydrogen-bond acceptors (Lipinski definition) is 3. The van der Waals surface area contributed by atoms with Crippen LogP contribution < -0.4 is 0 Å². The van der Waals surface area contributed by atoms with E-state index in [1.54, 1.807) is 24.3 Å². The van der Waals surface area contributed by atoms with E-state index in [1.165, 1.54) is 0 Å². The average Bonchev–Trinajstić information content (AvgIpc) is 2.40. The summed E-state index contributed by atoms with van der Waals surface area (Å²) >= 11 is 3.26. The molecule has 0 aliphatic rings. The zero-order chi connectivity index (χ0) is 14.1. The van der Waals surface area contributed by atoms with Crippen LogP contribution in [0.2, 0.25) is 0 Å². The Hall–Kier alpha value is -1.30. The minimum absolute atomic E-state index is 0.357. The van der Waals surface area contributed by atoms with Crippen molar-refractivity contribution < 1.29 is 13.5 Å². The van der Waals surface area contributed by atoms with Gasteiger partial charge in [-0.1, -0.05) is 41.9 Å². The molecule has 1 aromatic rings. The molecule has 0 saturated carbocycles. The Bertz CT molecular complexity index is 394. The van der Waals surface area contributed by atoms with Crippen LogP contribution in [0.3, 0.4) is 0 Å². The van der Waals surface area contributed by atoms with Crippen molar-refractivity contribution in [3.63, 3.8) is 0 Å². The van der Waals surface area contributed by atoms with E-state index in [0.29, 0.717) is 10.9 Å². The second-order valence-electron chi connectivity index (χ2n) is 2.93. The second kappa shape index (κ2) is 8.74. The van der Waals surface area contributed by atoms with Crippen molar-refractivity contribution in [2.24, 2.45) is 0 Å². The quantitative estimate of drug-likeness (QED) is 0.489. The van der Waals surface area contributed by atoms with Gasteiger partial charge in [0.25, 0.3) is 5.90 Å². The lowest BCUT2D eigenvalue weighted by molar-refractivity contribution is 0.197. The van der Waals surface area contributed by atoms with E-state index in [0.717, 1.165) is 5.56 Å². The Balaban J connectivity index is 0.00000137. The topological polar surface area (TPSA) is 56.9 Å². The molecule has 0 radical (unpaired) electrons. The molecule has 0 saturated heterocycles. The maximum Gasteiger partial charge on any atom is 0.312 e. The predicted molar refractivity (Wildman–Crippen MR) is 72.1 cm³/mol. The van der Waals surface area contributed by atoms with Crippen molar-refractivity contribution in [2.75, 3.05) is 0 Å². The van der Waals surface area contributed by atoms with Gasteiger partial charge >= 0.3 is 6.43 Å². The number of hydrogen-bond donors (Lipinski definition) is 2. The Labute approximate surface area is 113 Å². The number of ether oxygens (including phenoxy) is 1. The highest BCUT2D eigenvalue weighted by Crippen LogP contribution is 2.09. The first-order valence-electron chi connectivity index (χ1n) is 5.33. The molecule has 100 valence electrons. The van der Waals surface area contributed by atoms with Gasteiger partial charge in [0.15, 0.2) is 0 Å². The van der Waals surface area contributed by atoms with Crippen LogP contribution in [-0.2, 0) is 10.1 Å². The summed E-state index contributed by atoms with van der Waals surface area (Å²) in [4.78, 5) is 0. The minimum atomic E-state index is -3.00. The molecule has 0 aromatic heterocycles. The lowest BCUT2D eigenvalue weighted by atomic mass is 10.1. The first-order chi connectivity index (χ1) is 8.54. The third-order valence-electron chi connectivity index (χ3n) is 1.78. The standard InChI is InChI=1S/C10H9BrF2N2O.C2H6/c11-5-6-1-3-7(4-2-6)9(14)16-10(15)8(12)13;1-2/h1-4,8,14-15H,5H2;1-2H3. The highest BCUT2D eigenvalue weighted by Gasteiger charge is 2.15. The van der Waals surface area contributed by atoms with Crippen molar-refractivity contribution in [1.29, 1.82) is 10.8 Å². The minimum Gasteiger partial charge on any atom is -0.419 e. The van der Waals surface area contributed by atoms with Gasteiger partial charge < -0.3 is 4.74 Å². The van der Waals surface area contributed by atoms with Crippen LogP contribution in [0.15, 0.2) is 24.3 Å². The molecular formula is C12H15BrF2N2O. The third-order valence-corrected chi connectivity index (χ3v) is 2.43. The van der Waals surface area contributed by atoms with Crippen LogP contribution in [0.25, 0.3) is 0 Å². The van der Waals surface area contributed by atoms with Gasteiger partial charge in [0, 0.05) is 10.9 Å². The molecule has 0 fully saturated rings. The zero-order valence-electron chi connectivity index (χ0n) is 10.1. The van der Waals surface area contributed by atoms with E-state index in [1.807, 2.05) is 13.8 Å². The van der Waals surface area contributed by atoms with E-state index in [4.69, 9.17) is 10.8 Å². The number of rotatable bonds is 3. The molecule has 1 rings (SSSR count). The monoisotopic (exact) mass is 320 g/mol. The molecule has 0 aliphatic carbocycles. The van der Waals surface area contributed by atoms with Crippen molar-refractivity contribution in [3.05, 3.63) is 35.4 Å². The van der Waals surface area contributed by atoms with E-state index in [-0.39, 0.29) is 0 Å². The van der Waals surface area contributed by atoms with Gasteiger partial charge in [-0.25, -0.2) is 0 Å². The molecule has 0 amide bonds. The molecule has 1 aromatic carbocycles. The van der Waals surface area contributed by atoms with Crippen molar-refractivity contribution >= 4 is 27.7 Å². The maximum absolute atomic E-state index is 12.0. The highest BCUT2D eigenvalue weighted by atomic mass is 79.9. The second-order valence-corrected chi connectivity index (χ2v) is 3.49. The number of halogens is 3. The van der Waals surface area contributed by atoms with E-state index < -0.39 is 18.2 Å². The summed E-state index contributed by atoms with van der Waals surface area (Å²) in [7, 11) is 0. The van der Waals surface area contributed by atoms with Crippen molar-refractivity contribution in [2.45, 2.75) is 25.6 Å². The molecule has 0 aliphatic heterocycles. The number of nitrogens with one attached hydrogen (secondary N) is 2. The lowest BCUT2D eigenvalue weighted by Gasteiger charge is -2.07. The van der Waals surface area contributed by atoms with Gasteiger partial charge in [-0.2, -0.15) is 8.78 Å². The largest absolute Gasteiger partial charge is 0.419 e. The van der Waals surface area contributed by atoms with Crippen LogP contribution in [0.1, 0.15) is 25.0 Å². The summed E-state index contributed by atoms with van der Waals surface area (Å²) in [5.74, 6) is -1.67. The first-order valence-corrected chi connectivity index (χ1v) is 6.45. The Kier molecular flexibility index (Phi) is 8.11. The van der Waals surface area contributed by atoms with Gasteiger partial charge in [-0.05, 0) is 17.7 Å². The van der Waals surface area contributed by atoms with Crippen LogP contribution in [0.5, 0.6) is 0 Å². The maximum atomic E-state index is 12.0. The average molecular weight is 321 g/mol. The van der Waals surface area contributed by atoms with Crippen molar-refractivity contribution in [3.8, 4) is 0 Å². The van der Waals surface area contributed by atoms with Crippen LogP contribution >= 0.6 is 15.9 Å². The molecule has 0 bridgehead atoms. The van der Waals surface area contributed by atoms with Crippen molar-refractivity contribution in [1.82, 2.24) is 0 Å². The van der Waals surface area contributed by atoms with Gasteiger partial charge in [0.2, 0.25) is 5.90 Å². The number of benzene rings is 1. The molecule has 6 heteroatoms. The molecule has 3 nitrogen and oxygen atoms in total. The van der Waals surface area contributed by atoms with E-state index in [9.17, 15) is 8.78 Å². The Morgan fingerprint density at radius 3 is 2.11 bits per heavy atom. The van der Waals surface area contributed by atoms with Gasteiger partial charge in [0.05, 0.1) is 0 Å². The molecule has 0 heterocycles. The first kappa shape index (κ1) is 16.7. The fourth-order valence-corrected chi connectivity index (χ4v) is 1.33. The van der Waals surface area contributed by atoms with Gasteiger partial charge in [-0.3, -0.25) is 10.8 Å². The fourth-order valence-electron chi connectivity index (χ4n) is 0.959. The Morgan fingerprint density at radius 1 is 1.22 bits per heavy atom. The molecule has 18 heavy (non-hydrogen) atoms. The summed E-state index contributed by atoms with van der Waals surface area (Å²) in [6.07, 6.45) is -3.00. The molecule has 0 unspecified atom stereocenters. The van der Waals surface area contributed by atoms with E-state index in [2.05, 4.69) is 20.7 Å². The smallest absolute Gasteiger partial charge is 0.312 e. The third kappa shape index (κ3) is 5.35. The number of alkyl halides is 3. The predicted octanol–water partition coefficient (Wildman–Crippen LogP) is 4.19. The van der Waals surface area contributed by atoms with Gasteiger partial charge in [-0.15, -0.1) is 0 Å². The lowest BCUT2D eigenvalue weighted by Crippen LogP contribution is -2.18. The fraction of sp³-hybridized carbons (Fsp3) is 0.333. The molecule has 0 atom stereocenters.